The number of hydrogen-bond acceptors (Lipinski definition) is 6. The molecule has 0 spiro atoms. The van der Waals surface area contributed by atoms with Gasteiger partial charge in [0.05, 0.1) is 23.3 Å². The first-order chi connectivity index (χ1) is 17.4. The molecule has 4 aromatic rings. The number of anilines is 1. The number of rotatable bonds is 6. The second-order valence-corrected chi connectivity index (χ2v) is 10.5. The van der Waals surface area contributed by atoms with Crippen LogP contribution in [0, 0.1) is 13.8 Å². The van der Waals surface area contributed by atoms with E-state index in [1.165, 1.54) is 24.0 Å². The fourth-order valence-corrected chi connectivity index (χ4v) is 5.30. The zero-order chi connectivity index (χ0) is 25.0. The first kappa shape index (κ1) is 23.0. The summed E-state index contributed by atoms with van der Waals surface area (Å²) in [5, 5.41) is 7.72. The van der Waals surface area contributed by atoms with Gasteiger partial charge in [-0.15, -0.1) is 0 Å². The van der Waals surface area contributed by atoms with Crippen molar-refractivity contribution in [3.8, 4) is 11.3 Å². The maximum absolute atomic E-state index is 12.5. The van der Waals surface area contributed by atoms with Gasteiger partial charge in [-0.2, -0.15) is 5.10 Å². The lowest BCUT2D eigenvalue weighted by Gasteiger charge is -2.35. The highest BCUT2D eigenvalue weighted by molar-refractivity contribution is 5.90. The molecule has 5 heterocycles. The van der Waals surface area contributed by atoms with Gasteiger partial charge >= 0.3 is 0 Å². The van der Waals surface area contributed by atoms with Crippen LogP contribution in [0.5, 0.6) is 0 Å². The van der Waals surface area contributed by atoms with Crippen molar-refractivity contribution in [1.82, 2.24) is 34.8 Å². The van der Waals surface area contributed by atoms with Crippen LogP contribution in [-0.2, 0) is 4.79 Å². The van der Waals surface area contributed by atoms with Crippen LogP contribution in [0.2, 0.25) is 0 Å². The average Bonchev–Trinajstić information content (AvgIpc) is 3.45. The topological polar surface area (TPSA) is 94.5 Å². The van der Waals surface area contributed by atoms with Crippen molar-refractivity contribution in [1.29, 1.82) is 0 Å². The average molecular weight is 487 g/mol. The smallest absolute Gasteiger partial charge is 0.236 e. The lowest BCUT2D eigenvalue weighted by Crippen LogP contribution is -2.51. The van der Waals surface area contributed by atoms with E-state index in [0.29, 0.717) is 12.6 Å². The summed E-state index contributed by atoms with van der Waals surface area (Å²) in [5.41, 5.74) is 8.71. The molecule has 0 bridgehead atoms. The third-order valence-corrected chi connectivity index (χ3v) is 7.71. The Morgan fingerprint density at radius 2 is 1.92 bits per heavy atom. The summed E-state index contributed by atoms with van der Waals surface area (Å²) in [4.78, 5) is 30.0. The maximum atomic E-state index is 12.5. The predicted octanol–water partition coefficient (Wildman–Crippen LogP) is 3.41. The monoisotopic (exact) mass is 486 g/mol. The number of pyridine rings is 2. The molecule has 4 aromatic heterocycles. The summed E-state index contributed by atoms with van der Waals surface area (Å²) >= 11 is 0. The highest BCUT2D eigenvalue weighted by Gasteiger charge is 2.26. The number of nitrogens with one attached hydrogen (secondary N) is 2. The van der Waals surface area contributed by atoms with Gasteiger partial charge in [0.2, 0.25) is 5.91 Å². The van der Waals surface area contributed by atoms with Crippen molar-refractivity contribution in [2.45, 2.75) is 52.5 Å². The Kier molecular flexibility index (Phi) is 5.67. The van der Waals surface area contributed by atoms with Crippen LogP contribution in [0.15, 0.2) is 24.7 Å². The highest BCUT2D eigenvalue weighted by Crippen LogP contribution is 2.38. The Bertz CT molecular complexity index is 1440. The van der Waals surface area contributed by atoms with E-state index in [1.807, 2.05) is 9.42 Å². The SMILES string of the molecule is Cc1c(-c2[nH]c3ccc(N4CCN(C(=O)CNC5CC5)CC4)nc3c2C(C)C)cn2ncnc2c1C. The summed E-state index contributed by atoms with van der Waals surface area (Å²) in [5.74, 6) is 1.46. The number of fused-ring (bicyclic) bond motifs is 2. The minimum absolute atomic E-state index is 0.206. The molecule has 2 fully saturated rings. The zero-order valence-corrected chi connectivity index (χ0v) is 21.5. The molecule has 0 radical (unpaired) electrons. The number of aromatic amines is 1. The standard InChI is InChI=1S/C27H34N8O/c1-16(2)24-25(20-14-35-27(29-15-30-35)18(4)17(20)3)31-21-7-8-22(32-26(21)24)33-9-11-34(12-10-33)23(36)13-28-19-5-6-19/h7-8,14-16,19,28,31H,5-6,9-13H2,1-4H3. The normalized spacial score (nSPS) is 16.6. The van der Waals surface area contributed by atoms with E-state index in [0.717, 1.165) is 65.5 Å². The second kappa shape index (κ2) is 8.89. The molecule has 1 saturated carbocycles. The second-order valence-electron chi connectivity index (χ2n) is 10.5. The Morgan fingerprint density at radius 1 is 1.14 bits per heavy atom. The van der Waals surface area contributed by atoms with E-state index in [1.54, 1.807) is 6.33 Å². The van der Waals surface area contributed by atoms with E-state index in [9.17, 15) is 4.79 Å². The molecule has 2 aliphatic rings. The molecule has 9 heteroatoms. The van der Waals surface area contributed by atoms with Crippen LogP contribution in [0.4, 0.5) is 5.82 Å². The number of piperazine rings is 1. The first-order valence-corrected chi connectivity index (χ1v) is 13.0. The summed E-state index contributed by atoms with van der Waals surface area (Å²) < 4.78 is 1.85. The van der Waals surface area contributed by atoms with Crippen LogP contribution in [0.1, 0.15) is 49.3 Å². The molecule has 188 valence electrons. The van der Waals surface area contributed by atoms with E-state index >= 15 is 0 Å². The number of carbonyl (C=O) groups excluding carboxylic acids is 1. The fraction of sp³-hybridized carbons (Fsp3) is 0.481. The van der Waals surface area contributed by atoms with E-state index in [-0.39, 0.29) is 11.8 Å². The molecule has 1 saturated heterocycles. The van der Waals surface area contributed by atoms with Crippen LogP contribution in [0.3, 0.4) is 0 Å². The molecule has 0 aromatic carbocycles. The number of hydrogen-bond donors (Lipinski definition) is 2. The van der Waals surface area contributed by atoms with Gasteiger partial charge in [-0.3, -0.25) is 4.79 Å². The summed E-state index contributed by atoms with van der Waals surface area (Å²) in [7, 11) is 0. The molecule has 1 aliphatic carbocycles. The van der Waals surface area contributed by atoms with Gasteiger partial charge in [0.15, 0.2) is 5.65 Å². The Morgan fingerprint density at radius 3 is 2.64 bits per heavy atom. The summed E-state index contributed by atoms with van der Waals surface area (Å²) in [6, 6.07) is 4.79. The molecule has 0 atom stereocenters. The Hall–Kier alpha value is -3.46. The van der Waals surface area contributed by atoms with Crippen molar-refractivity contribution in [3.05, 3.63) is 41.3 Å². The van der Waals surface area contributed by atoms with E-state index in [4.69, 9.17) is 4.98 Å². The number of aryl methyl sites for hydroxylation is 1. The number of aromatic nitrogens is 5. The summed E-state index contributed by atoms with van der Waals surface area (Å²) in [6.07, 6.45) is 6.06. The molecule has 1 aliphatic heterocycles. The van der Waals surface area contributed by atoms with Crippen LogP contribution in [0.25, 0.3) is 27.9 Å². The number of nitrogens with zero attached hydrogens (tertiary/aromatic N) is 6. The van der Waals surface area contributed by atoms with Gasteiger partial charge in [-0.25, -0.2) is 14.5 Å². The molecular formula is C27H34N8O. The minimum atomic E-state index is 0.206. The van der Waals surface area contributed by atoms with Gasteiger partial charge in [-0.1, -0.05) is 13.8 Å². The number of carbonyl (C=O) groups is 1. The van der Waals surface area contributed by atoms with Gasteiger partial charge < -0.3 is 20.1 Å². The molecule has 36 heavy (non-hydrogen) atoms. The van der Waals surface area contributed by atoms with Gasteiger partial charge in [0.25, 0.3) is 0 Å². The lowest BCUT2D eigenvalue weighted by atomic mass is 9.95. The van der Waals surface area contributed by atoms with E-state index in [2.05, 4.69) is 71.3 Å². The zero-order valence-electron chi connectivity index (χ0n) is 21.5. The van der Waals surface area contributed by atoms with Crippen molar-refractivity contribution < 1.29 is 4.79 Å². The fourth-order valence-electron chi connectivity index (χ4n) is 5.30. The van der Waals surface area contributed by atoms with Crippen molar-refractivity contribution in [2.75, 3.05) is 37.6 Å². The van der Waals surface area contributed by atoms with Crippen LogP contribution in [-0.4, -0.2) is 74.1 Å². The summed E-state index contributed by atoms with van der Waals surface area (Å²) in [6.45, 7) is 12.2. The van der Waals surface area contributed by atoms with Crippen molar-refractivity contribution >= 4 is 28.4 Å². The molecule has 1 amide bonds. The molecule has 9 nitrogen and oxygen atoms in total. The van der Waals surface area contributed by atoms with Crippen molar-refractivity contribution in [2.24, 2.45) is 0 Å². The Balaban J connectivity index is 1.29. The lowest BCUT2D eigenvalue weighted by molar-refractivity contribution is -0.130. The van der Waals surface area contributed by atoms with Gasteiger partial charge in [0, 0.05) is 49.5 Å². The number of H-pyrrole nitrogens is 1. The predicted molar refractivity (Wildman–Crippen MR) is 141 cm³/mol. The largest absolute Gasteiger partial charge is 0.353 e. The van der Waals surface area contributed by atoms with Crippen LogP contribution < -0.4 is 10.2 Å². The maximum Gasteiger partial charge on any atom is 0.236 e. The molecular weight excluding hydrogens is 452 g/mol. The molecule has 0 unspecified atom stereocenters. The first-order valence-electron chi connectivity index (χ1n) is 13.0. The van der Waals surface area contributed by atoms with Crippen LogP contribution >= 0.6 is 0 Å². The van der Waals surface area contributed by atoms with Gasteiger partial charge in [-0.05, 0) is 55.9 Å². The quantitative estimate of drug-likeness (QED) is 0.434. The van der Waals surface area contributed by atoms with Crippen molar-refractivity contribution in [3.63, 3.8) is 0 Å². The van der Waals surface area contributed by atoms with E-state index < -0.39 is 0 Å². The Labute approximate surface area is 210 Å². The third kappa shape index (κ3) is 4.01. The molecule has 6 rings (SSSR count). The minimum Gasteiger partial charge on any atom is -0.353 e. The molecule has 2 N–H and O–H groups in total. The third-order valence-electron chi connectivity index (χ3n) is 7.71. The van der Waals surface area contributed by atoms with Gasteiger partial charge in [0.1, 0.15) is 12.1 Å². The number of amides is 1. The highest BCUT2D eigenvalue weighted by atomic mass is 16.2.